The van der Waals surface area contributed by atoms with Crippen LogP contribution in [-0.2, 0) is 0 Å². The van der Waals surface area contributed by atoms with Crippen molar-refractivity contribution in [2.24, 2.45) is 0 Å². The molecule has 4 rings (SSSR count). The van der Waals surface area contributed by atoms with Gasteiger partial charge < -0.3 is 14.5 Å². The van der Waals surface area contributed by atoms with Crippen LogP contribution < -0.4 is 34.7 Å². The van der Waals surface area contributed by atoms with Gasteiger partial charge in [0.25, 0.3) is 0 Å². The number of para-hydroxylation sites is 1. The van der Waals surface area contributed by atoms with Crippen molar-refractivity contribution in [1.82, 2.24) is 4.57 Å². The molecule has 1 aromatic heterocycles. The summed E-state index contributed by atoms with van der Waals surface area (Å²) in [6.07, 6.45) is 1.49. The third-order valence-corrected chi connectivity index (χ3v) is 5.22. The largest absolute Gasteiger partial charge is 1.00 e. The number of hydrogen-bond acceptors (Lipinski definition) is 3. The maximum Gasteiger partial charge on any atom is 1.00 e. The molecule has 0 amide bonds. The minimum Gasteiger partial charge on any atom is -0.545 e. The van der Waals surface area contributed by atoms with E-state index in [1.807, 2.05) is 0 Å². The van der Waals surface area contributed by atoms with Gasteiger partial charge in [-0.2, -0.15) is 0 Å². The van der Waals surface area contributed by atoms with E-state index in [0.717, 1.165) is 0 Å². The minimum atomic E-state index is -1.32. The maximum atomic E-state index is 14.7. The molecular formula is C22H11Cl2FNNaO3. The van der Waals surface area contributed by atoms with Crippen molar-refractivity contribution >= 4 is 45.9 Å². The summed E-state index contributed by atoms with van der Waals surface area (Å²) in [5, 5.41) is 11.8. The van der Waals surface area contributed by atoms with E-state index in [0.29, 0.717) is 11.1 Å². The van der Waals surface area contributed by atoms with Gasteiger partial charge in [-0.3, -0.25) is 4.79 Å². The maximum absolute atomic E-state index is 14.7. The van der Waals surface area contributed by atoms with Gasteiger partial charge in [-0.1, -0.05) is 53.5 Å². The number of nitrogens with zero attached hydrogens (tertiary/aromatic N) is 1. The van der Waals surface area contributed by atoms with E-state index in [1.54, 1.807) is 24.3 Å². The van der Waals surface area contributed by atoms with Crippen LogP contribution >= 0.6 is 23.2 Å². The Morgan fingerprint density at radius 2 is 1.50 bits per heavy atom. The topological polar surface area (TPSA) is 62.1 Å². The Balaban J connectivity index is 0.00000256. The molecule has 0 aliphatic heterocycles. The Morgan fingerprint density at radius 1 is 0.900 bits per heavy atom. The van der Waals surface area contributed by atoms with Crippen LogP contribution in [0.3, 0.4) is 0 Å². The van der Waals surface area contributed by atoms with Crippen LogP contribution in [0.15, 0.2) is 66.9 Å². The Bertz CT molecular complexity index is 1270. The SMILES string of the molecule is O=C([O-])c1ccc(-n2cc(C(=O)c3c(Cl)cccc3Cl)c3cccc(F)c32)cc1.[Na+]. The second kappa shape index (κ2) is 8.92. The van der Waals surface area contributed by atoms with Crippen LogP contribution in [0.25, 0.3) is 16.6 Å². The van der Waals surface area contributed by atoms with Crippen LogP contribution in [0.2, 0.25) is 10.0 Å². The van der Waals surface area contributed by atoms with Crippen LogP contribution in [0.1, 0.15) is 26.3 Å². The number of ketones is 1. The summed E-state index contributed by atoms with van der Waals surface area (Å²) < 4.78 is 16.2. The number of carbonyl (C=O) groups excluding carboxylic acids is 2. The van der Waals surface area contributed by atoms with Crippen molar-refractivity contribution in [2.75, 3.05) is 0 Å². The summed E-state index contributed by atoms with van der Waals surface area (Å²) in [4.78, 5) is 24.2. The van der Waals surface area contributed by atoms with E-state index in [1.165, 1.54) is 47.2 Å². The van der Waals surface area contributed by atoms with Crippen molar-refractivity contribution < 1.29 is 48.6 Å². The molecule has 0 N–H and O–H groups in total. The van der Waals surface area contributed by atoms with Crippen molar-refractivity contribution in [3.05, 3.63) is 99.4 Å². The summed E-state index contributed by atoms with van der Waals surface area (Å²) in [6, 6.07) is 14.9. The number of carbonyl (C=O) groups is 2. The molecule has 0 aliphatic carbocycles. The van der Waals surface area contributed by atoms with Gasteiger partial charge in [-0.15, -0.1) is 0 Å². The Morgan fingerprint density at radius 3 is 2.10 bits per heavy atom. The number of halogens is 3. The first-order valence-corrected chi connectivity index (χ1v) is 9.24. The molecule has 0 fully saturated rings. The molecule has 0 radical (unpaired) electrons. The van der Waals surface area contributed by atoms with Crippen molar-refractivity contribution in [3.63, 3.8) is 0 Å². The van der Waals surface area contributed by atoms with Crippen LogP contribution in [0.4, 0.5) is 4.39 Å². The van der Waals surface area contributed by atoms with Gasteiger partial charge in [0.2, 0.25) is 0 Å². The zero-order chi connectivity index (χ0) is 20.7. The molecule has 4 nitrogen and oxygen atoms in total. The molecule has 4 aromatic rings. The van der Waals surface area contributed by atoms with E-state index in [2.05, 4.69) is 0 Å². The molecule has 1 heterocycles. The third-order valence-electron chi connectivity index (χ3n) is 4.59. The van der Waals surface area contributed by atoms with E-state index in [-0.39, 0.29) is 61.8 Å². The number of benzene rings is 3. The van der Waals surface area contributed by atoms with Gasteiger partial charge in [0.1, 0.15) is 5.82 Å². The number of hydrogen-bond donors (Lipinski definition) is 0. The van der Waals surface area contributed by atoms with Crippen LogP contribution in [-0.4, -0.2) is 16.3 Å². The van der Waals surface area contributed by atoms with Crippen LogP contribution in [0.5, 0.6) is 0 Å². The average Bonchev–Trinajstić information content (AvgIpc) is 3.09. The summed E-state index contributed by atoms with van der Waals surface area (Å²) in [7, 11) is 0. The second-order valence-electron chi connectivity index (χ2n) is 6.31. The number of fused-ring (bicyclic) bond motifs is 1. The van der Waals surface area contributed by atoms with Crippen molar-refractivity contribution in [2.45, 2.75) is 0 Å². The number of carboxylic acids is 1. The zero-order valence-electron chi connectivity index (χ0n) is 15.7. The zero-order valence-corrected chi connectivity index (χ0v) is 19.2. The molecule has 0 bridgehead atoms. The molecule has 30 heavy (non-hydrogen) atoms. The molecule has 144 valence electrons. The number of carboxylic acid groups (broad SMARTS) is 1. The first-order valence-electron chi connectivity index (χ1n) is 8.48. The van der Waals surface area contributed by atoms with Gasteiger partial charge in [0.15, 0.2) is 5.78 Å². The van der Waals surface area contributed by atoms with Crippen molar-refractivity contribution in [1.29, 1.82) is 0 Å². The number of rotatable bonds is 4. The monoisotopic (exact) mass is 449 g/mol. The quantitative estimate of drug-likeness (QED) is 0.351. The van der Waals surface area contributed by atoms with E-state index in [9.17, 15) is 19.1 Å². The summed E-state index contributed by atoms with van der Waals surface area (Å²) in [6.45, 7) is 0. The number of aromatic nitrogens is 1. The molecule has 0 unspecified atom stereocenters. The molecule has 3 aromatic carbocycles. The summed E-state index contributed by atoms with van der Waals surface area (Å²) in [5.41, 5.74) is 1.00. The van der Waals surface area contributed by atoms with Crippen molar-refractivity contribution in [3.8, 4) is 5.69 Å². The second-order valence-corrected chi connectivity index (χ2v) is 7.12. The van der Waals surface area contributed by atoms with Gasteiger partial charge in [-0.25, -0.2) is 4.39 Å². The summed E-state index contributed by atoms with van der Waals surface area (Å²) in [5.74, 6) is -2.29. The fourth-order valence-electron chi connectivity index (χ4n) is 3.23. The molecule has 0 spiro atoms. The predicted molar refractivity (Wildman–Crippen MR) is 107 cm³/mol. The van der Waals surface area contributed by atoms with Gasteiger partial charge in [-0.05, 0) is 35.9 Å². The Kier molecular flexibility index (Phi) is 6.70. The first-order chi connectivity index (χ1) is 13.9. The third kappa shape index (κ3) is 3.92. The fraction of sp³-hybridized carbons (Fsp3) is 0. The van der Waals surface area contributed by atoms with Gasteiger partial charge in [0, 0.05) is 22.8 Å². The first kappa shape index (κ1) is 22.5. The normalized spacial score (nSPS) is 10.6. The van der Waals surface area contributed by atoms with Gasteiger partial charge >= 0.3 is 29.6 Å². The molecular weight excluding hydrogens is 439 g/mol. The molecule has 8 heteroatoms. The molecule has 0 atom stereocenters. The predicted octanol–water partition coefficient (Wildman–Crippen LogP) is 1.67. The number of aromatic carboxylic acids is 1. The standard InChI is InChI=1S/C22H12Cl2FNO3.Na/c23-16-4-2-5-17(24)19(16)21(27)15-11-26(20-14(15)3-1-6-18(20)25)13-9-7-12(8-10-13)22(28)29;/h1-11H,(H,28,29);/q;+1/p-1. The van der Waals surface area contributed by atoms with Crippen LogP contribution in [0, 0.1) is 5.82 Å². The average molecular weight is 450 g/mol. The fourth-order valence-corrected chi connectivity index (χ4v) is 3.80. The smallest absolute Gasteiger partial charge is 0.545 e. The Hall–Kier alpha value is -2.15. The van der Waals surface area contributed by atoms with E-state index >= 15 is 0 Å². The Labute approximate surface area is 203 Å². The van der Waals surface area contributed by atoms with E-state index in [4.69, 9.17) is 23.2 Å². The summed E-state index contributed by atoms with van der Waals surface area (Å²) >= 11 is 12.4. The van der Waals surface area contributed by atoms with E-state index < -0.39 is 17.6 Å². The molecule has 0 saturated heterocycles. The molecule has 0 aliphatic rings. The van der Waals surface area contributed by atoms with Gasteiger partial charge in [0.05, 0.1) is 27.1 Å². The molecule has 0 saturated carbocycles. The minimum absolute atomic E-state index is 0.